The van der Waals surface area contributed by atoms with Gasteiger partial charge in [0.25, 0.3) is 5.65 Å². The van der Waals surface area contributed by atoms with Gasteiger partial charge in [-0.25, -0.2) is 9.55 Å². The zero-order chi connectivity index (χ0) is 12.1. The van der Waals surface area contributed by atoms with Crippen molar-refractivity contribution in [2.75, 3.05) is 0 Å². The number of hydrogen-bond donors (Lipinski definition) is 1. The maximum Gasteiger partial charge on any atom is 0.287 e. The average Bonchev–Trinajstić information content (AvgIpc) is 2.79. The number of aromatic amines is 1. The number of pyridine rings is 1. The van der Waals surface area contributed by atoms with Gasteiger partial charge in [-0.1, -0.05) is 30.3 Å². The number of fused-ring (bicyclic) bond motifs is 4. The standard InChI is InChI=1S/C16H12N2/c1-18-15-9-5-2-6-11(15)10-13-12-7-3-4-8-14(12)17-16(13)18/h2-10H,1H3/p+1. The summed E-state index contributed by atoms with van der Waals surface area (Å²) in [5, 5.41) is 3.85. The topological polar surface area (TPSA) is 19.7 Å². The highest BCUT2D eigenvalue weighted by atomic mass is 15.0. The van der Waals surface area contributed by atoms with Crippen LogP contribution in [-0.4, -0.2) is 4.98 Å². The van der Waals surface area contributed by atoms with Crippen molar-refractivity contribution in [3.63, 3.8) is 0 Å². The van der Waals surface area contributed by atoms with E-state index >= 15 is 0 Å². The molecule has 0 fully saturated rings. The lowest BCUT2D eigenvalue weighted by molar-refractivity contribution is -0.619. The van der Waals surface area contributed by atoms with Crippen molar-refractivity contribution in [3.8, 4) is 0 Å². The van der Waals surface area contributed by atoms with Crippen LogP contribution in [0, 0.1) is 0 Å². The van der Waals surface area contributed by atoms with Crippen LogP contribution in [-0.2, 0) is 7.05 Å². The molecule has 0 saturated heterocycles. The molecule has 2 nitrogen and oxygen atoms in total. The summed E-state index contributed by atoms with van der Waals surface area (Å²) in [5.74, 6) is 0. The minimum Gasteiger partial charge on any atom is -0.240 e. The molecule has 0 aliphatic carbocycles. The Hall–Kier alpha value is -2.35. The second-order valence-electron chi connectivity index (χ2n) is 4.70. The predicted molar refractivity (Wildman–Crippen MR) is 74.5 cm³/mol. The van der Waals surface area contributed by atoms with Gasteiger partial charge in [-0.3, -0.25) is 0 Å². The van der Waals surface area contributed by atoms with Crippen LogP contribution in [0.1, 0.15) is 0 Å². The molecule has 2 aromatic carbocycles. The van der Waals surface area contributed by atoms with Crippen molar-refractivity contribution in [1.82, 2.24) is 4.98 Å². The smallest absolute Gasteiger partial charge is 0.240 e. The molecular weight excluding hydrogens is 220 g/mol. The van der Waals surface area contributed by atoms with Crippen molar-refractivity contribution in [2.45, 2.75) is 0 Å². The van der Waals surface area contributed by atoms with E-state index in [1.54, 1.807) is 0 Å². The van der Waals surface area contributed by atoms with Gasteiger partial charge in [0.1, 0.15) is 11.0 Å². The van der Waals surface area contributed by atoms with Gasteiger partial charge in [-0.2, -0.15) is 0 Å². The van der Waals surface area contributed by atoms with Gasteiger partial charge < -0.3 is 0 Å². The summed E-state index contributed by atoms with van der Waals surface area (Å²) in [6, 6.07) is 19.2. The van der Waals surface area contributed by atoms with Gasteiger partial charge in [0, 0.05) is 10.8 Å². The summed E-state index contributed by atoms with van der Waals surface area (Å²) < 4.78 is 2.23. The van der Waals surface area contributed by atoms with Gasteiger partial charge in [0.15, 0.2) is 0 Å². The summed E-state index contributed by atoms with van der Waals surface area (Å²) in [4.78, 5) is 3.50. The molecule has 0 aliphatic heterocycles. The molecule has 0 amide bonds. The highest BCUT2D eigenvalue weighted by Gasteiger charge is 2.14. The first kappa shape index (κ1) is 9.66. The van der Waals surface area contributed by atoms with E-state index in [1.165, 1.54) is 32.8 Å². The number of benzene rings is 2. The molecule has 2 heteroatoms. The molecular formula is C16H13N2+. The van der Waals surface area contributed by atoms with Crippen molar-refractivity contribution < 1.29 is 4.57 Å². The highest BCUT2D eigenvalue weighted by Crippen LogP contribution is 2.25. The van der Waals surface area contributed by atoms with Crippen LogP contribution in [0.3, 0.4) is 0 Å². The Kier molecular flexibility index (Phi) is 1.78. The predicted octanol–water partition coefficient (Wildman–Crippen LogP) is 3.30. The van der Waals surface area contributed by atoms with Crippen molar-refractivity contribution >= 4 is 32.8 Å². The maximum atomic E-state index is 3.50. The van der Waals surface area contributed by atoms with Crippen molar-refractivity contribution in [2.24, 2.45) is 7.05 Å². The molecule has 0 saturated carbocycles. The van der Waals surface area contributed by atoms with Gasteiger partial charge in [0.2, 0.25) is 0 Å². The van der Waals surface area contributed by atoms with E-state index in [0.29, 0.717) is 0 Å². The lowest BCUT2D eigenvalue weighted by Gasteiger charge is -2.00. The average molecular weight is 233 g/mol. The van der Waals surface area contributed by atoms with Crippen LogP contribution in [0.15, 0.2) is 54.6 Å². The van der Waals surface area contributed by atoms with Gasteiger partial charge in [-0.05, 0) is 24.3 Å². The first-order valence-electron chi connectivity index (χ1n) is 6.13. The van der Waals surface area contributed by atoms with E-state index in [4.69, 9.17) is 0 Å². The third kappa shape index (κ3) is 1.15. The van der Waals surface area contributed by atoms with Crippen LogP contribution < -0.4 is 4.57 Å². The fourth-order valence-corrected chi connectivity index (χ4v) is 2.75. The number of aryl methyl sites for hydroxylation is 1. The van der Waals surface area contributed by atoms with E-state index in [9.17, 15) is 0 Å². The number of hydrogen-bond acceptors (Lipinski definition) is 0. The SMILES string of the molecule is C[n+]1c2ccccc2cc2c3ccccc3[nH]c21. The number of rotatable bonds is 0. The zero-order valence-corrected chi connectivity index (χ0v) is 10.1. The number of nitrogens with one attached hydrogen (secondary N) is 1. The van der Waals surface area contributed by atoms with E-state index in [1.807, 2.05) is 0 Å². The second kappa shape index (κ2) is 3.33. The first-order chi connectivity index (χ1) is 8.84. The van der Waals surface area contributed by atoms with E-state index in [-0.39, 0.29) is 0 Å². The highest BCUT2D eigenvalue weighted by molar-refractivity contribution is 6.07. The summed E-state index contributed by atoms with van der Waals surface area (Å²) >= 11 is 0. The molecule has 86 valence electrons. The van der Waals surface area contributed by atoms with Crippen LogP contribution in [0.4, 0.5) is 0 Å². The molecule has 4 rings (SSSR count). The normalized spacial score (nSPS) is 11.6. The number of aromatic nitrogens is 2. The molecule has 0 spiro atoms. The van der Waals surface area contributed by atoms with E-state index < -0.39 is 0 Å². The first-order valence-corrected chi connectivity index (χ1v) is 6.13. The molecule has 2 aromatic heterocycles. The Morgan fingerprint density at radius 2 is 1.67 bits per heavy atom. The number of nitrogens with zero attached hydrogens (tertiary/aromatic N) is 1. The third-order valence-corrected chi connectivity index (χ3v) is 3.66. The van der Waals surface area contributed by atoms with Crippen LogP contribution in [0.5, 0.6) is 0 Å². The minimum atomic E-state index is 1.18. The Balaban J connectivity index is 2.33. The van der Waals surface area contributed by atoms with Gasteiger partial charge >= 0.3 is 0 Å². The zero-order valence-electron chi connectivity index (χ0n) is 10.1. The van der Waals surface area contributed by atoms with Crippen molar-refractivity contribution in [1.29, 1.82) is 0 Å². The van der Waals surface area contributed by atoms with Crippen LogP contribution >= 0.6 is 0 Å². The summed E-state index contributed by atoms with van der Waals surface area (Å²) in [6.45, 7) is 0. The van der Waals surface area contributed by atoms with E-state index in [0.717, 1.165) is 0 Å². The van der Waals surface area contributed by atoms with Gasteiger partial charge in [-0.15, -0.1) is 0 Å². The number of H-pyrrole nitrogens is 1. The third-order valence-electron chi connectivity index (χ3n) is 3.66. The summed E-state index contributed by atoms with van der Waals surface area (Å²) in [6.07, 6.45) is 0. The van der Waals surface area contributed by atoms with Crippen LogP contribution in [0.2, 0.25) is 0 Å². The Labute approximate surface area is 104 Å². The molecule has 0 radical (unpaired) electrons. The molecule has 0 bridgehead atoms. The fourth-order valence-electron chi connectivity index (χ4n) is 2.75. The van der Waals surface area contributed by atoms with Crippen LogP contribution in [0.25, 0.3) is 32.8 Å². The molecule has 18 heavy (non-hydrogen) atoms. The largest absolute Gasteiger partial charge is 0.287 e. The molecule has 0 aliphatic rings. The quantitative estimate of drug-likeness (QED) is 0.450. The molecule has 0 atom stereocenters. The van der Waals surface area contributed by atoms with E-state index in [2.05, 4.69) is 71.2 Å². The summed E-state index contributed by atoms with van der Waals surface area (Å²) in [7, 11) is 2.11. The summed E-state index contributed by atoms with van der Waals surface area (Å²) in [5.41, 5.74) is 3.62. The molecule has 1 N–H and O–H groups in total. The number of para-hydroxylation sites is 2. The van der Waals surface area contributed by atoms with Crippen molar-refractivity contribution in [3.05, 3.63) is 54.6 Å². The monoisotopic (exact) mass is 233 g/mol. The minimum absolute atomic E-state index is 1.18. The Morgan fingerprint density at radius 3 is 2.61 bits per heavy atom. The second-order valence-corrected chi connectivity index (χ2v) is 4.70. The lowest BCUT2D eigenvalue weighted by Crippen LogP contribution is -2.30. The van der Waals surface area contributed by atoms with Gasteiger partial charge in [0.05, 0.1) is 12.4 Å². The Morgan fingerprint density at radius 1 is 0.889 bits per heavy atom. The molecule has 4 aromatic rings. The lowest BCUT2D eigenvalue weighted by atomic mass is 10.1. The fraction of sp³-hybridized carbons (Fsp3) is 0.0625. The molecule has 2 heterocycles. The molecule has 0 unspecified atom stereocenters. The Bertz CT molecular complexity index is 887. The maximum absolute atomic E-state index is 3.50.